The zero-order chi connectivity index (χ0) is 11.1. The molecule has 0 bridgehead atoms. The lowest BCUT2D eigenvalue weighted by Gasteiger charge is -2.37. The fourth-order valence-corrected chi connectivity index (χ4v) is 3.00. The second-order valence-corrected chi connectivity index (χ2v) is 4.77. The molecule has 0 spiro atoms. The molecule has 0 amide bonds. The lowest BCUT2D eigenvalue weighted by atomic mass is 9.80. The highest BCUT2D eigenvalue weighted by Gasteiger charge is 2.30. The van der Waals surface area contributed by atoms with Gasteiger partial charge in [0, 0.05) is 11.6 Å². The number of fused-ring (bicyclic) bond motifs is 1. The molecule has 16 heavy (non-hydrogen) atoms. The third-order valence-corrected chi connectivity index (χ3v) is 3.89. The predicted octanol–water partition coefficient (Wildman–Crippen LogP) is 3.83. The van der Waals surface area contributed by atoms with E-state index in [1.165, 1.54) is 29.0 Å². The Balaban J connectivity index is 2.14. The summed E-state index contributed by atoms with van der Waals surface area (Å²) in [4.78, 5) is 0. The normalized spacial score (nSPS) is 24.1. The number of hydroxylamine groups is 1. The van der Waals surface area contributed by atoms with Crippen LogP contribution in [0.3, 0.4) is 0 Å². The third-order valence-electron chi connectivity index (χ3n) is 3.89. The van der Waals surface area contributed by atoms with Crippen molar-refractivity contribution in [1.82, 2.24) is 0 Å². The molecule has 0 radical (unpaired) electrons. The van der Waals surface area contributed by atoms with Crippen LogP contribution in [0.25, 0.3) is 0 Å². The van der Waals surface area contributed by atoms with Crippen LogP contribution < -0.4 is 5.06 Å². The first kappa shape index (κ1) is 9.91. The minimum atomic E-state index is 0.467. The summed E-state index contributed by atoms with van der Waals surface area (Å²) in [7, 11) is 0. The molecule has 1 aliphatic carbocycles. The van der Waals surface area contributed by atoms with Crippen molar-refractivity contribution in [1.29, 1.82) is 0 Å². The molecule has 84 valence electrons. The van der Waals surface area contributed by atoms with E-state index in [0.717, 1.165) is 24.2 Å². The summed E-state index contributed by atoms with van der Waals surface area (Å²) >= 11 is 0. The Kier molecular flexibility index (Phi) is 2.25. The number of hydrogen-bond acceptors (Lipinski definition) is 2. The highest BCUT2D eigenvalue weighted by atomic mass is 16.5. The molecule has 3 rings (SSSR count). The Morgan fingerprint density at radius 3 is 2.81 bits per heavy atom. The van der Waals surface area contributed by atoms with Gasteiger partial charge in [0.1, 0.15) is 0 Å². The van der Waals surface area contributed by atoms with Crippen LogP contribution in [-0.2, 0) is 0 Å². The average Bonchev–Trinajstić information content (AvgIpc) is 2.36. The van der Waals surface area contributed by atoms with Gasteiger partial charge in [-0.15, -0.1) is 0 Å². The van der Waals surface area contributed by atoms with Crippen molar-refractivity contribution >= 4 is 5.69 Å². The van der Waals surface area contributed by atoms with Gasteiger partial charge in [0.05, 0.1) is 5.69 Å². The van der Waals surface area contributed by atoms with Crippen molar-refractivity contribution in [2.45, 2.75) is 38.5 Å². The van der Waals surface area contributed by atoms with E-state index in [4.69, 9.17) is 0 Å². The monoisotopic (exact) mass is 215 g/mol. The Labute approximate surface area is 96.2 Å². The summed E-state index contributed by atoms with van der Waals surface area (Å²) in [5.41, 5.74) is 4.81. The summed E-state index contributed by atoms with van der Waals surface area (Å²) in [6, 6.07) is 8.17. The van der Waals surface area contributed by atoms with E-state index in [1.807, 2.05) is 12.1 Å². The first-order valence-corrected chi connectivity index (χ1v) is 6.09. The molecule has 1 heterocycles. The minimum Gasteiger partial charge on any atom is -0.284 e. The van der Waals surface area contributed by atoms with Crippen LogP contribution in [0.4, 0.5) is 5.69 Å². The van der Waals surface area contributed by atoms with Crippen molar-refractivity contribution in [3.8, 4) is 0 Å². The van der Waals surface area contributed by atoms with Gasteiger partial charge in [0.15, 0.2) is 0 Å². The molecule has 2 heteroatoms. The first-order chi connectivity index (χ1) is 7.79. The molecule has 1 atom stereocenters. The molecule has 0 saturated heterocycles. The Hall–Kier alpha value is -1.28. The number of allylic oxidation sites excluding steroid dienone is 2. The van der Waals surface area contributed by atoms with E-state index in [0.29, 0.717) is 5.92 Å². The second kappa shape index (κ2) is 3.63. The summed E-state index contributed by atoms with van der Waals surface area (Å²) in [5.74, 6) is 0.467. The predicted molar refractivity (Wildman–Crippen MR) is 64.6 cm³/mol. The number of para-hydroxylation sites is 1. The quantitative estimate of drug-likeness (QED) is 0.711. The van der Waals surface area contributed by atoms with Crippen molar-refractivity contribution in [3.05, 3.63) is 41.1 Å². The van der Waals surface area contributed by atoms with Crippen molar-refractivity contribution < 1.29 is 5.21 Å². The summed E-state index contributed by atoms with van der Waals surface area (Å²) in [6.45, 7) is 2.26. The molecule has 1 aromatic carbocycles. The lowest BCUT2D eigenvalue weighted by Crippen LogP contribution is -2.28. The minimum absolute atomic E-state index is 0.467. The van der Waals surface area contributed by atoms with Crippen LogP contribution in [-0.4, -0.2) is 5.21 Å². The molecule has 1 aromatic rings. The van der Waals surface area contributed by atoms with Crippen LogP contribution in [0.2, 0.25) is 0 Å². The molecule has 0 aromatic heterocycles. The lowest BCUT2D eigenvalue weighted by molar-refractivity contribution is 0.267. The molecule has 2 nitrogen and oxygen atoms in total. The van der Waals surface area contributed by atoms with Crippen molar-refractivity contribution in [2.24, 2.45) is 0 Å². The third kappa shape index (κ3) is 1.30. The SMILES string of the molecule is CC1C2=C(CCCC2)N(O)c2ccccc21. The van der Waals surface area contributed by atoms with Crippen LogP contribution in [0.5, 0.6) is 0 Å². The maximum absolute atomic E-state index is 10.2. The van der Waals surface area contributed by atoms with Gasteiger partial charge < -0.3 is 0 Å². The second-order valence-electron chi connectivity index (χ2n) is 4.77. The van der Waals surface area contributed by atoms with Gasteiger partial charge in [-0.05, 0) is 42.9 Å². The van der Waals surface area contributed by atoms with Gasteiger partial charge in [-0.3, -0.25) is 5.21 Å². The van der Waals surface area contributed by atoms with Gasteiger partial charge in [-0.25, -0.2) is 5.06 Å². The van der Waals surface area contributed by atoms with Crippen LogP contribution in [0, 0.1) is 0 Å². The number of hydrogen-bond donors (Lipinski definition) is 1. The molecular formula is C14H17NO. The van der Waals surface area contributed by atoms with Gasteiger partial charge in [0.2, 0.25) is 0 Å². The van der Waals surface area contributed by atoms with Crippen molar-refractivity contribution in [3.63, 3.8) is 0 Å². The molecule has 1 unspecified atom stereocenters. The molecule has 1 aliphatic heterocycles. The van der Waals surface area contributed by atoms with Crippen LogP contribution >= 0.6 is 0 Å². The molecule has 0 fully saturated rings. The summed E-state index contributed by atoms with van der Waals surface area (Å²) in [6.07, 6.45) is 4.62. The zero-order valence-corrected chi connectivity index (χ0v) is 9.61. The van der Waals surface area contributed by atoms with Gasteiger partial charge >= 0.3 is 0 Å². The maximum atomic E-state index is 10.2. The fourth-order valence-electron chi connectivity index (χ4n) is 3.00. The van der Waals surface area contributed by atoms with E-state index < -0.39 is 0 Å². The molecule has 2 aliphatic rings. The Morgan fingerprint density at radius 2 is 1.94 bits per heavy atom. The highest BCUT2D eigenvalue weighted by Crippen LogP contribution is 2.45. The standard InChI is InChI=1S/C14H17NO/c1-10-11-6-2-4-8-13(11)15(16)14-9-5-3-7-12(10)14/h2,4,6,8,10,16H,3,5,7,9H2,1H3. The topological polar surface area (TPSA) is 23.5 Å². The fraction of sp³-hybridized carbons (Fsp3) is 0.429. The van der Waals surface area contributed by atoms with Gasteiger partial charge in [-0.1, -0.05) is 25.1 Å². The van der Waals surface area contributed by atoms with E-state index in [2.05, 4.69) is 19.1 Å². The number of anilines is 1. The maximum Gasteiger partial charge on any atom is 0.0727 e. The van der Waals surface area contributed by atoms with Crippen LogP contribution in [0.15, 0.2) is 35.5 Å². The Morgan fingerprint density at radius 1 is 1.19 bits per heavy atom. The Bertz CT molecular complexity index is 409. The smallest absolute Gasteiger partial charge is 0.0727 e. The largest absolute Gasteiger partial charge is 0.284 e. The van der Waals surface area contributed by atoms with E-state index in [-0.39, 0.29) is 0 Å². The van der Waals surface area contributed by atoms with Gasteiger partial charge in [0.25, 0.3) is 0 Å². The number of nitrogens with zero attached hydrogens (tertiary/aromatic N) is 1. The van der Waals surface area contributed by atoms with Crippen LogP contribution in [0.1, 0.15) is 44.1 Å². The molecule has 0 saturated carbocycles. The number of benzene rings is 1. The summed E-state index contributed by atoms with van der Waals surface area (Å²) < 4.78 is 0. The summed E-state index contributed by atoms with van der Waals surface area (Å²) in [5, 5.41) is 11.7. The van der Waals surface area contributed by atoms with Gasteiger partial charge in [-0.2, -0.15) is 0 Å². The van der Waals surface area contributed by atoms with E-state index >= 15 is 0 Å². The highest BCUT2D eigenvalue weighted by molar-refractivity contribution is 5.63. The number of rotatable bonds is 0. The zero-order valence-electron chi connectivity index (χ0n) is 9.61. The average molecular weight is 215 g/mol. The van der Waals surface area contributed by atoms with E-state index in [9.17, 15) is 5.21 Å². The molecule has 1 N–H and O–H groups in total. The molecular weight excluding hydrogens is 198 g/mol. The van der Waals surface area contributed by atoms with E-state index in [1.54, 1.807) is 0 Å². The van der Waals surface area contributed by atoms with Crippen molar-refractivity contribution in [2.75, 3.05) is 5.06 Å². The first-order valence-electron chi connectivity index (χ1n) is 6.09.